The number of allylic oxidation sites excluding steroid dienone is 3. The first-order chi connectivity index (χ1) is 16.1. The molecule has 2 N–H and O–H groups in total. The van der Waals surface area contributed by atoms with Gasteiger partial charge in [0.05, 0.1) is 5.03 Å². The molecule has 0 amide bonds. The largest absolute Gasteiger partial charge is 1.00 e. The number of anilines is 1. The minimum Gasteiger partial charge on any atom is -1.00 e. The van der Waals surface area contributed by atoms with Crippen molar-refractivity contribution in [2.75, 3.05) is 5.32 Å². The Kier molecular flexibility index (Phi) is 11.0. The number of hydrogen-bond acceptors (Lipinski definition) is 3. The van der Waals surface area contributed by atoms with E-state index < -0.39 is 0 Å². The van der Waals surface area contributed by atoms with Crippen LogP contribution in [-0.2, 0) is 9.59 Å². The van der Waals surface area contributed by atoms with E-state index in [1.807, 2.05) is 48.8 Å². The number of aryl methyl sites for hydroxylation is 1. The Bertz CT molecular complexity index is 1170. The summed E-state index contributed by atoms with van der Waals surface area (Å²) in [7, 11) is 0. The number of para-hydroxylation sites is 2. The van der Waals surface area contributed by atoms with Crippen LogP contribution in [0.15, 0.2) is 107 Å². The molecule has 0 saturated heterocycles. The van der Waals surface area contributed by atoms with Crippen LogP contribution in [0.3, 0.4) is 0 Å². The van der Waals surface area contributed by atoms with Gasteiger partial charge in [-0.15, -0.1) is 0 Å². The van der Waals surface area contributed by atoms with Crippen LogP contribution < -0.4 is 22.7 Å². The van der Waals surface area contributed by atoms with Crippen molar-refractivity contribution in [2.45, 2.75) is 25.7 Å². The highest BCUT2D eigenvalue weighted by molar-refractivity contribution is 6.33. The zero-order chi connectivity index (χ0) is 23.5. The molecule has 0 radical (unpaired) electrons. The van der Waals surface area contributed by atoms with Crippen LogP contribution in [0.1, 0.15) is 29.9 Å². The van der Waals surface area contributed by atoms with Gasteiger partial charge in [-0.3, -0.25) is 0 Å². The summed E-state index contributed by atoms with van der Waals surface area (Å²) < 4.78 is 0. The van der Waals surface area contributed by atoms with Crippen molar-refractivity contribution < 1.29 is 27.0 Å². The molecule has 4 rings (SSSR count). The number of rotatable bonds is 5. The smallest absolute Gasteiger partial charge is 0.373 e. The standard InChI is InChI=1S/C27H25ClN2.CO2.ClH/c1-20-12-14-21(15-13-20)22-16-23(18-29-25-8-4-2-5-9-25)27(28)24(17-22)19-30-26-10-6-3-7-11-26;2-1-3;/h2-15,18-19,22,29H,16-17H2,1H3;;1H/b23-18+,30-19?;;. The van der Waals surface area contributed by atoms with E-state index in [1.165, 1.54) is 11.1 Å². The normalized spacial score (nSPS) is 16.3. The van der Waals surface area contributed by atoms with Gasteiger partial charge in [0.25, 0.3) is 0 Å². The Morgan fingerprint density at radius 2 is 1.50 bits per heavy atom. The first kappa shape index (κ1) is 26.8. The van der Waals surface area contributed by atoms with Gasteiger partial charge < -0.3 is 17.7 Å². The fourth-order valence-corrected chi connectivity index (χ4v) is 3.98. The average Bonchev–Trinajstić information content (AvgIpc) is 2.85. The zero-order valence-corrected chi connectivity index (χ0v) is 20.3. The molecule has 0 spiro atoms. The SMILES string of the molecule is Cc1ccc(C2CC(C=[NH+]c3ccccc3)=C(Cl)/C(=C/Nc3ccccc3)C2)cc1.O=C=O.[Cl-]. The lowest BCUT2D eigenvalue weighted by Crippen LogP contribution is -3.00. The molecular formula is C28H26Cl2N2O2. The molecule has 174 valence electrons. The van der Waals surface area contributed by atoms with Crippen LogP contribution in [0, 0.1) is 6.92 Å². The lowest BCUT2D eigenvalue weighted by Gasteiger charge is -2.25. The maximum Gasteiger partial charge on any atom is 0.373 e. The number of hydrogen-bond donors (Lipinski definition) is 2. The molecule has 34 heavy (non-hydrogen) atoms. The summed E-state index contributed by atoms with van der Waals surface area (Å²) in [4.78, 5) is 19.7. The maximum absolute atomic E-state index is 8.12. The molecule has 1 unspecified atom stereocenters. The third-order valence-electron chi connectivity index (χ3n) is 5.42. The quantitative estimate of drug-likeness (QED) is 0.537. The number of nitrogens with one attached hydrogen (secondary N) is 2. The van der Waals surface area contributed by atoms with Gasteiger partial charge in [0.1, 0.15) is 0 Å². The second-order valence-electron chi connectivity index (χ2n) is 7.77. The van der Waals surface area contributed by atoms with Gasteiger partial charge in [0, 0.05) is 29.6 Å². The van der Waals surface area contributed by atoms with Gasteiger partial charge in [-0.2, -0.15) is 9.59 Å². The summed E-state index contributed by atoms with van der Waals surface area (Å²) in [6.45, 7) is 2.12. The Hall–Kier alpha value is -3.43. The molecular weight excluding hydrogens is 467 g/mol. The van der Waals surface area contributed by atoms with Gasteiger partial charge in [-0.05, 0) is 49.0 Å². The Morgan fingerprint density at radius 3 is 2.12 bits per heavy atom. The minimum absolute atomic E-state index is 0. The van der Waals surface area contributed by atoms with Gasteiger partial charge in [0.2, 0.25) is 5.69 Å². The molecule has 0 saturated carbocycles. The van der Waals surface area contributed by atoms with E-state index in [4.69, 9.17) is 21.2 Å². The molecule has 6 heteroatoms. The van der Waals surface area contributed by atoms with Crippen LogP contribution in [0.2, 0.25) is 0 Å². The lowest BCUT2D eigenvalue weighted by atomic mass is 9.81. The summed E-state index contributed by atoms with van der Waals surface area (Å²) in [5, 5.41) is 4.23. The van der Waals surface area contributed by atoms with Crippen molar-refractivity contribution in [2.24, 2.45) is 0 Å². The lowest BCUT2D eigenvalue weighted by molar-refractivity contribution is -0.347. The van der Waals surface area contributed by atoms with E-state index >= 15 is 0 Å². The highest BCUT2D eigenvalue weighted by Gasteiger charge is 2.26. The molecule has 0 aromatic heterocycles. The van der Waals surface area contributed by atoms with E-state index in [-0.39, 0.29) is 18.6 Å². The third kappa shape index (κ3) is 7.86. The second kappa shape index (κ2) is 14.0. The molecule has 4 nitrogen and oxygen atoms in total. The highest BCUT2D eigenvalue weighted by Crippen LogP contribution is 2.40. The molecule has 0 heterocycles. The second-order valence-corrected chi connectivity index (χ2v) is 8.15. The van der Waals surface area contributed by atoms with Gasteiger partial charge in [-0.25, -0.2) is 4.99 Å². The van der Waals surface area contributed by atoms with Crippen LogP contribution >= 0.6 is 11.6 Å². The molecule has 0 aliphatic heterocycles. The summed E-state index contributed by atoms with van der Waals surface area (Å²) in [6, 6.07) is 29.2. The number of carbonyl (C=O) groups excluding carboxylic acids is 2. The molecule has 0 bridgehead atoms. The Morgan fingerprint density at radius 1 is 0.912 bits per heavy atom. The van der Waals surface area contributed by atoms with E-state index in [1.54, 1.807) is 0 Å². The van der Waals surface area contributed by atoms with Crippen LogP contribution in [-0.4, -0.2) is 12.4 Å². The molecule has 1 aliphatic rings. The van der Waals surface area contributed by atoms with Crippen molar-refractivity contribution in [1.82, 2.24) is 0 Å². The predicted octanol–water partition coefficient (Wildman–Crippen LogP) is 2.26. The summed E-state index contributed by atoms with van der Waals surface area (Å²) >= 11 is 6.86. The van der Waals surface area contributed by atoms with Crippen molar-refractivity contribution in [3.63, 3.8) is 0 Å². The average molecular weight is 493 g/mol. The first-order valence-electron chi connectivity index (χ1n) is 10.7. The molecule has 3 aromatic carbocycles. The first-order valence-corrected chi connectivity index (χ1v) is 11.1. The van der Waals surface area contributed by atoms with E-state index in [2.05, 4.69) is 65.8 Å². The fourth-order valence-electron chi connectivity index (χ4n) is 3.72. The molecule has 1 atom stereocenters. The highest BCUT2D eigenvalue weighted by atomic mass is 35.5. The van der Waals surface area contributed by atoms with Gasteiger partial charge >= 0.3 is 6.15 Å². The van der Waals surface area contributed by atoms with Crippen LogP contribution in [0.5, 0.6) is 0 Å². The minimum atomic E-state index is 0. The van der Waals surface area contributed by atoms with Crippen molar-refractivity contribution in [3.05, 3.63) is 118 Å². The van der Waals surface area contributed by atoms with Crippen molar-refractivity contribution >= 4 is 35.3 Å². The maximum atomic E-state index is 8.12. The Balaban J connectivity index is 0.000000970. The van der Waals surface area contributed by atoms with E-state index in [0.717, 1.165) is 40.4 Å². The molecule has 1 aliphatic carbocycles. The van der Waals surface area contributed by atoms with E-state index in [9.17, 15) is 0 Å². The van der Waals surface area contributed by atoms with Crippen LogP contribution in [0.25, 0.3) is 0 Å². The summed E-state index contributed by atoms with van der Waals surface area (Å²) in [5.41, 5.74) is 6.99. The molecule has 3 aromatic rings. The summed E-state index contributed by atoms with van der Waals surface area (Å²) in [6.07, 6.45) is 6.16. The monoisotopic (exact) mass is 492 g/mol. The predicted molar refractivity (Wildman–Crippen MR) is 132 cm³/mol. The summed E-state index contributed by atoms with van der Waals surface area (Å²) in [5.74, 6) is 0.390. The zero-order valence-electron chi connectivity index (χ0n) is 18.8. The van der Waals surface area contributed by atoms with Crippen LogP contribution in [0.4, 0.5) is 11.4 Å². The number of benzene rings is 3. The van der Waals surface area contributed by atoms with Gasteiger partial charge in [-0.1, -0.05) is 77.8 Å². The fraction of sp³-hybridized carbons (Fsp3) is 0.143. The number of halogens is 2. The Labute approximate surface area is 211 Å². The topological polar surface area (TPSA) is 60.1 Å². The van der Waals surface area contributed by atoms with Gasteiger partial charge in [0.15, 0.2) is 6.21 Å². The third-order valence-corrected chi connectivity index (χ3v) is 5.90. The molecule has 0 fully saturated rings. The van der Waals surface area contributed by atoms with Crippen molar-refractivity contribution in [1.29, 1.82) is 0 Å². The van der Waals surface area contributed by atoms with Crippen molar-refractivity contribution in [3.8, 4) is 0 Å². The van der Waals surface area contributed by atoms with E-state index in [0.29, 0.717) is 5.92 Å².